The number of aryl methyl sites for hydroxylation is 1. The van der Waals surface area contributed by atoms with Gasteiger partial charge in [-0.2, -0.15) is 0 Å². The third kappa shape index (κ3) is 4.97. The van der Waals surface area contributed by atoms with E-state index >= 15 is 0 Å². The zero-order valence-corrected chi connectivity index (χ0v) is 15.0. The van der Waals surface area contributed by atoms with Crippen LogP contribution in [0.4, 0.5) is 0 Å². The van der Waals surface area contributed by atoms with Crippen LogP contribution < -0.4 is 4.72 Å². The molecule has 1 N–H and O–H groups in total. The summed E-state index contributed by atoms with van der Waals surface area (Å²) in [5.41, 5.74) is 1.21. The number of hydrogen-bond donors (Lipinski definition) is 1. The van der Waals surface area contributed by atoms with Crippen LogP contribution in [0.2, 0.25) is 0 Å². The second-order valence-electron chi connectivity index (χ2n) is 5.99. The lowest BCUT2D eigenvalue weighted by Crippen LogP contribution is -2.30. The molecule has 0 aliphatic carbocycles. The highest BCUT2D eigenvalue weighted by Gasteiger charge is 2.26. The maximum Gasteiger partial charge on any atom is 0.240 e. The fraction of sp³-hybridized carbons (Fsp3) is 0.238. The van der Waals surface area contributed by atoms with Crippen molar-refractivity contribution in [3.8, 4) is 24.7 Å². The molecule has 0 aliphatic heterocycles. The quantitative estimate of drug-likeness (QED) is 0.779. The molecule has 0 saturated heterocycles. The number of hydrogen-bond acceptors (Lipinski definition) is 2. The average molecular weight is 351 g/mol. The lowest BCUT2D eigenvalue weighted by Gasteiger charge is -2.23. The Morgan fingerprint density at radius 3 is 2.16 bits per heavy atom. The fourth-order valence-electron chi connectivity index (χ4n) is 2.52. The summed E-state index contributed by atoms with van der Waals surface area (Å²) in [7, 11) is -3.58. The van der Waals surface area contributed by atoms with Crippen LogP contribution in [-0.2, 0) is 16.4 Å². The molecule has 2 rings (SSSR count). The molecule has 25 heavy (non-hydrogen) atoms. The van der Waals surface area contributed by atoms with E-state index in [-0.39, 0.29) is 11.4 Å². The summed E-state index contributed by atoms with van der Waals surface area (Å²) in [6, 6.07) is 16.4. The van der Waals surface area contributed by atoms with Crippen LogP contribution in [0.1, 0.15) is 17.5 Å². The van der Waals surface area contributed by atoms with E-state index in [0.29, 0.717) is 12.8 Å². The van der Waals surface area contributed by atoms with Crippen molar-refractivity contribution in [1.82, 2.24) is 4.72 Å². The van der Waals surface area contributed by atoms with E-state index in [1.54, 1.807) is 24.3 Å². The summed E-state index contributed by atoms with van der Waals surface area (Å²) in [5.74, 6) is 5.35. The van der Waals surface area contributed by atoms with Crippen molar-refractivity contribution in [3.05, 3.63) is 65.7 Å². The molecular weight excluding hydrogens is 330 g/mol. The first-order valence-corrected chi connectivity index (χ1v) is 9.45. The van der Waals surface area contributed by atoms with Gasteiger partial charge < -0.3 is 0 Å². The number of rotatable bonds is 7. The first-order valence-electron chi connectivity index (χ1n) is 7.97. The van der Waals surface area contributed by atoms with Crippen molar-refractivity contribution >= 4 is 10.0 Å². The summed E-state index contributed by atoms with van der Waals surface area (Å²) in [6.07, 6.45) is 12.2. The van der Waals surface area contributed by atoms with Crippen molar-refractivity contribution in [3.63, 3.8) is 0 Å². The molecule has 4 heteroatoms. The van der Waals surface area contributed by atoms with Gasteiger partial charge in [-0.15, -0.1) is 12.8 Å². The Hall–Kier alpha value is -2.53. The molecule has 0 atom stereocenters. The van der Waals surface area contributed by atoms with Crippen molar-refractivity contribution in [2.75, 3.05) is 6.54 Å². The summed E-state index contributed by atoms with van der Waals surface area (Å²) >= 11 is 0. The van der Waals surface area contributed by atoms with E-state index in [1.807, 2.05) is 37.3 Å². The SMILES string of the molecule is C#CC(C#C)(CCNS(=O)(=O)c1ccc(C)cc1)Cc1ccccc1. The second-order valence-corrected chi connectivity index (χ2v) is 7.76. The average Bonchev–Trinajstić information content (AvgIpc) is 2.62. The summed E-state index contributed by atoms with van der Waals surface area (Å²) < 4.78 is 27.3. The van der Waals surface area contributed by atoms with Gasteiger partial charge in [-0.1, -0.05) is 59.9 Å². The van der Waals surface area contributed by atoms with E-state index in [2.05, 4.69) is 16.6 Å². The first kappa shape index (κ1) is 18.8. The Labute approximate surface area is 150 Å². The zero-order valence-electron chi connectivity index (χ0n) is 14.2. The fourth-order valence-corrected chi connectivity index (χ4v) is 3.55. The van der Waals surface area contributed by atoms with Crippen LogP contribution in [0.3, 0.4) is 0 Å². The highest BCUT2D eigenvalue weighted by Crippen LogP contribution is 2.25. The van der Waals surface area contributed by atoms with Crippen molar-refractivity contribution in [2.24, 2.45) is 5.41 Å². The summed E-state index contributed by atoms with van der Waals surface area (Å²) in [6.45, 7) is 2.08. The smallest absolute Gasteiger partial charge is 0.211 e. The molecule has 0 aromatic heterocycles. The van der Waals surface area contributed by atoms with Crippen molar-refractivity contribution in [1.29, 1.82) is 0 Å². The van der Waals surface area contributed by atoms with Crippen molar-refractivity contribution < 1.29 is 8.42 Å². The van der Waals surface area contributed by atoms with Gasteiger partial charge in [0.05, 0.1) is 10.3 Å². The van der Waals surface area contributed by atoms with Crippen LogP contribution in [0.5, 0.6) is 0 Å². The minimum absolute atomic E-state index is 0.178. The molecule has 0 heterocycles. The predicted octanol–water partition coefficient (Wildman–Crippen LogP) is 3.16. The zero-order chi connectivity index (χ0) is 18.3. The number of sulfonamides is 1. The maximum atomic E-state index is 12.3. The van der Waals surface area contributed by atoms with Crippen LogP contribution in [0, 0.1) is 37.0 Å². The molecule has 0 radical (unpaired) electrons. The van der Waals surface area contributed by atoms with Gasteiger partial charge in [-0.3, -0.25) is 0 Å². The Morgan fingerprint density at radius 2 is 1.60 bits per heavy atom. The number of terminal acetylenes is 2. The van der Waals surface area contributed by atoms with Crippen LogP contribution in [0.25, 0.3) is 0 Å². The molecule has 0 bridgehead atoms. The van der Waals surface area contributed by atoms with E-state index in [9.17, 15) is 8.42 Å². The molecule has 2 aromatic carbocycles. The van der Waals surface area contributed by atoms with Crippen LogP contribution in [-0.4, -0.2) is 15.0 Å². The molecule has 0 spiro atoms. The summed E-state index contributed by atoms with van der Waals surface area (Å²) in [5, 5.41) is 0. The monoisotopic (exact) mass is 351 g/mol. The summed E-state index contributed by atoms with van der Waals surface area (Å²) in [4.78, 5) is 0.230. The Balaban J connectivity index is 2.05. The second kappa shape index (κ2) is 8.03. The van der Waals surface area contributed by atoms with Crippen LogP contribution in [0.15, 0.2) is 59.5 Å². The Morgan fingerprint density at radius 1 is 1.00 bits per heavy atom. The predicted molar refractivity (Wildman–Crippen MR) is 101 cm³/mol. The van der Waals surface area contributed by atoms with Gasteiger partial charge in [0.15, 0.2) is 0 Å². The Kier molecular flexibility index (Phi) is 6.04. The van der Waals surface area contributed by atoms with Gasteiger partial charge in [0.2, 0.25) is 10.0 Å². The highest BCUT2D eigenvalue weighted by atomic mass is 32.2. The first-order chi connectivity index (χ1) is 11.9. The highest BCUT2D eigenvalue weighted by molar-refractivity contribution is 7.89. The maximum absolute atomic E-state index is 12.3. The molecule has 2 aromatic rings. The van der Waals surface area contributed by atoms with E-state index in [1.165, 1.54) is 0 Å². The largest absolute Gasteiger partial charge is 0.240 e. The normalized spacial score (nSPS) is 11.5. The molecule has 3 nitrogen and oxygen atoms in total. The third-order valence-electron chi connectivity index (χ3n) is 4.08. The number of benzene rings is 2. The number of nitrogens with one attached hydrogen (secondary N) is 1. The van der Waals surface area contributed by atoms with Gasteiger partial charge in [-0.25, -0.2) is 13.1 Å². The lowest BCUT2D eigenvalue weighted by atomic mass is 9.80. The Bertz CT molecular complexity index is 872. The topological polar surface area (TPSA) is 46.2 Å². The molecule has 0 aliphatic rings. The van der Waals surface area contributed by atoms with Gasteiger partial charge in [0.25, 0.3) is 0 Å². The van der Waals surface area contributed by atoms with E-state index in [0.717, 1.165) is 11.1 Å². The van der Waals surface area contributed by atoms with Gasteiger partial charge in [-0.05, 0) is 31.0 Å². The molecule has 0 saturated carbocycles. The molecule has 128 valence electrons. The minimum atomic E-state index is -3.58. The van der Waals surface area contributed by atoms with E-state index in [4.69, 9.17) is 12.8 Å². The van der Waals surface area contributed by atoms with Crippen molar-refractivity contribution in [2.45, 2.75) is 24.7 Å². The van der Waals surface area contributed by atoms with E-state index < -0.39 is 15.4 Å². The van der Waals surface area contributed by atoms with Gasteiger partial charge in [0.1, 0.15) is 0 Å². The van der Waals surface area contributed by atoms with Gasteiger partial charge in [0, 0.05) is 13.0 Å². The molecule has 0 amide bonds. The lowest BCUT2D eigenvalue weighted by molar-refractivity contribution is 0.481. The molecular formula is C21H21NO2S. The standard InChI is InChI=1S/C21H21NO2S/c1-4-21(5-2,17-19-9-7-6-8-10-19)15-16-22-25(23,24)20-13-11-18(3)12-14-20/h1-2,6-14,22H,15-17H2,3H3. The minimum Gasteiger partial charge on any atom is -0.211 e. The molecule has 0 unspecified atom stereocenters. The van der Waals surface area contributed by atoms with Gasteiger partial charge >= 0.3 is 0 Å². The molecule has 0 fully saturated rings. The third-order valence-corrected chi connectivity index (χ3v) is 5.55. The van der Waals surface area contributed by atoms with Crippen LogP contribution >= 0.6 is 0 Å².